The second-order valence-corrected chi connectivity index (χ2v) is 4.32. The molecule has 8 nitrogen and oxygen atoms in total. The van der Waals surface area contributed by atoms with E-state index in [1.807, 2.05) is 0 Å². The Hall–Kier alpha value is -1.67. The van der Waals surface area contributed by atoms with E-state index in [0.717, 1.165) is 13.1 Å². The van der Waals surface area contributed by atoms with Crippen LogP contribution in [0.4, 0.5) is 0 Å². The van der Waals surface area contributed by atoms with Crippen LogP contribution in [0.3, 0.4) is 0 Å². The molecule has 2 heterocycles. The van der Waals surface area contributed by atoms with E-state index in [1.54, 1.807) is 0 Å². The molecule has 5 N–H and O–H groups in total. The van der Waals surface area contributed by atoms with E-state index in [9.17, 15) is 0 Å². The van der Waals surface area contributed by atoms with Gasteiger partial charge in [0, 0.05) is 19.1 Å². The topological polar surface area (TPSA) is 122 Å². The van der Waals surface area contributed by atoms with E-state index in [1.165, 1.54) is 19.3 Å². The van der Waals surface area contributed by atoms with Gasteiger partial charge in [-0.15, -0.1) is 0 Å². The van der Waals surface area contributed by atoms with Gasteiger partial charge in [-0.3, -0.25) is 0 Å². The zero-order chi connectivity index (χ0) is 12.8. The number of oxime groups is 1. The maximum atomic E-state index is 8.58. The van der Waals surface area contributed by atoms with E-state index < -0.39 is 0 Å². The molecule has 1 atom stereocenters. The Morgan fingerprint density at radius 3 is 3.17 bits per heavy atom. The summed E-state index contributed by atoms with van der Waals surface area (Å²) < 4.78 is 4.58. The van der Waals surface area contributed by atoms with E-state index >= 15 is 0 Å². The molecule has 8 heteroatoms. The van der Waals surface area contributed by atoms with Gasteiger partial charge in [0.1, 0.15) is 5.69 Å². The predicted molar refractivity (Wildman–Crippen MR) is 64.2 cm³/mol. The maximum absolute atomic E-state index is 8.58. The molecular formula is C10H18N6O2. The highest BCUT2D eigenvalue weighted by Crippen LogP contribution is 2.06. The van der Waals surface area contributed by atoms with Gasteiger partial charge in [-0.25, -0.2) is 4.63 Å². The monoisotopic (exact) mass is 254 g/mol. The first kappa shape index (κ1) is 12.8. The number of hydrogen-bond acceptors (Lipinski definition) is 7. The third-order valence-electron chi connectivity index (χ3n) is 3.00. The predicted octanol–water partition coefficient (Wildman–Crippen LogP) is -0.604. The summed E-state index contributed by atoms with van der Waals surface area (Å²) >= 11 is 0. The lowest BCUT2D eigenvalue weighted by Crippen LogP contribution is -2.41. The van der Waals surface area contributed by atoms with Gasteiger partial charge >= 0.3 is 0 Å². The van der Waals surface area contributed by atoms with Gasteiger partial charge in [-0.2, -0.15) is 0 Å². The number of nitrogens with two attached hydrogens (primary N) is 1. The molecule has 1 aliphatic heterocycles. The van der Waals surface area contributed by atoms with Gasteiger partial charge in [0.25, 0.3) is 0 Å². The molecule has 1 unspecified atom stereocenters. The van der Waals surface area contributed by atoms with Gasteiger partial charge in [0.2, 0.25) is 0 Å². The van der Waals surface area contributed by atoms with Crippen molar-refractivity contribution in [1.82, 2.24) is 20.9 Å². The zero-order valence-electron chi connectivity index (χ0n) is 10.1. The van der Waals surface area contributed by atoms with Crippen molar-refractivity contribution >= 4 is 5.84 Å². The molecule has 0 spiro atoms. The number of hydrogen-bond donors (Lipinski definition) is 4. The highest BCUT2D eigenvalue weighted by atomic mass is 16.6. The Morgan fingerprint density at radius 1 is 1.56 bits per heavy atom. The number of piperidine rings is 1. The first-order chi connectivity index (χ1) is 8.81. The van der Waals surface area contributed by atoms with Gasteiger partial charge in [-0.05, 0) is 24.5 Å². The summed E-state index contributed by atoms with van der Waals surface area (Å²) in [7, 11) is 0. The third-order valence-corrected chi connectivity index (χ3v) is 3.00. The van der Waals surface area contributed by atoms with E-state index in [0.29, 0.717) is 18.3 Å². The fourth-order valence-corrected chi connectivity index (χ4v) is 2.03. The van der Waals surface area contributed by atoms with Gasteiger partial charge in [0.15, 0.2) is 11.5 Å². The van der Waals surface area contributed by atoms with Crippen molar-refractivity contribution in [2.45, 2.75) is 31.8 Å². The quantitative estimate of drug-likeness (QED) is 0.239. The summed E-state index contributed by atoms with van der Waals surface area (Å²) in [6.45, 7) is 2.41. The molecule has 1 saturated heterocycles. The Morgan fingerprint density at radius 2 is 2.44 bits per heavy atom. The average Bonchev–Trinajstić information content (AvgIpc) is 2.87. The smallest absolute Gasteiger partial charge is 0.194 e. The summed E-state index contributed by atoms with van der Waals surface area (Å²) in [4.78, 5) is 0. The number of amidine groups is 1. The second-order valence-electron chi connectivity index (χ2n) is 4.32. The lowest BCUT2D eigenvalue weighted by Gasteiger charge is -2.23. The summed E-state index contributed by atoms with van der Waals surface area (Å²) in [5.74, 6) is -0.0937. The van der Waals surface area contributed by atoms with Crippen LogP contribution in [0.2, 0.25) is 0 Å². The number of nitrogens with one attached hydrogen (secondary N) is 2. The molecule has 0 bridgehead atoms. The Bertz CT molecular complexity index is 399. The van der Waals surface area contributed by atoms with Crippen molar-refractivity contribution in [3.63, 3.8) is 0 Å². The molecule has 0 amide bonds. The van der Waals surface area contributed by atoms with Crippen LogP contribution in [-0.2, 0) is 6.54 Å². The fraction of sp³-hybridized carbons (Fsp3) is 0.700. The molecule has 0 saturated carbocycles. The van der Waals surface area contributed by atoms with Crippen molar-refractivity contribution in [2.75, 3.05) is 13.1 Å². The summed E-state index contributed by atoms with van der Waals surface area (Å²) in [6.07, 6.45) is 3.69. The Labute approximate surface area is 105 Å². The molecule has 1 aliphatic rings. The number of aromatic nitrogens is 2. The van der Waals surface area contributed by atoms with Crippen molar-refractivity contribution in [3.8, 4) is 0 Å². The Balaban J connectivity index is 1.81. The van der Waals surface area contributed by atoms with Gasteiger partial charge in [0.05, 0.1) is 0 Å². The van der Waals surface area contributed by atoms with E-state index in [4.69, 9.17) is 10.9 Å². The van der Waals surface area contributed by atoms with Crippen LogP contribution in [0.1, 0.15) is 30.7 Å². The average molecular weight is 254 g/mol. The molecule has 18 heavy (non-hydrogen) atoms. The normalized spacial score (nSPS) is 21.1. The zero-order valence-corrected chi connectivity index (χ0v) is 10.1. The van der Waals surface area contributed by atoms with E-state index in [2.05, 4.69) is 30.7 Å². The summed E-state index contributed by atoms with van der Waals surface area (Å²) in [5, 5.41) is 25.5. The SMILES string of the molecule is N/C(=N\O)c1nonc1CNCC1CCCCN1. The lowest BCUT2D eigenvalue weighted by molar-refractivity contribution is 0.299. The van der Waals surface area contributed by atoms with Gasteiger partial charge in [-0.1, -0.05) is 16.7 Å². The highest BCUT2D eigenvalue weighted by Gasteiger charge is 2.16. The fourth-order valence-electron chi connectivity index (χ4n) is 2.03. The van der Waals surface area contributed by atoms with Crippen LogP contribution >= 0.6 is 0 Å². The van der Waals surface area contributed by atoms with Crippen molar-refractivity contribution in [1.29, 1.82) is 0 Å². The molecule has 0 aliphatic carbocycles. The third kappa shape index (κ3) is 3.17. The van der Waals surface area contributed by atoms with Crippen LogP contribution < -0.4 is 16.4 Å². The molecule has 1 aromatic rings. The van der Waals surface area contributed by atoms with Crippen molar-refractivity contribution in [3.05, 3.63) is 11.4 Å². The minimum Gasteiger partial charge on any atom is -0.409 e. The van der Waals surface area contributed by atoms with Crippen LogP contribution in [0.25, 0.3) is 0 Å². The van der Waals surface area contributed by atoms with Crippen LogP contribution in [0, 0.1) is 0 Å². The largest absolute Gasteiger partial charge is 0.409 e. The highest BCUT2D eigenvalue weighted by molar-refractivity contribution is 5.95. The molecule has 100 valence electrons. The Kier molecular flexibility index (Phi) is 4.48. The molecule has 2 rings (SSSR count). The van der Waals surface area contributed by atoms with Crippen LogP contribution in [0.15, 0.2) is 9.78 Å². The standard InChI is InChI=1S/C10H18N6O2/c11-10(14-17)9-8(15-18-16-9)6-12-5-7-3-1-2-4-13-7/h7,12-13,17H,1-6H2,(H2,11,14). The first-order valence-corrected chi connectivity index (χ1v) is 6.04. The molecule has 0 radical (unpaired) electrons. The second kappa shape index (κ2) is 6.31. The van der Waals surface area contributed by atoms with E-state index in [-0.39, 0.29) is 11.5 Å². The van der Waals surface area contributed by atoms with Crippen LogP contribution in [-0.4, -0.2) is 40.5 Å². The first-order valence-electron chi connectivity index (χ1n) is 6.04. The summed E-state index contributed by atoms with van der Waals surface area (Å²) in [5.41, 5.74) is 6.27. The maximum Gasteiger partial charge on any atom is 0.194 e. The van der Waals surface area contributed by atoms with Crippen LogP contribution in [0.5, 0.6) is 0 Å². The van der Waals surface area contributed by atoms with Crippen molar-refractivity contribution in [2.24, 2.45) is 10.9 Å². The molecule has 0 aromatic carbocycles. The molecular weight excluding hydrogens is 236 g/mol. The number of rotatable bonds is 5. The lowest BCUT2D eigenvalue weighted by atomic mass is 10.1. The summed E-state index contributed by atoms with van der Waals surface area (Å²) in [6, 6.07) is 0.492. The minimum atomic E-state index is -0.0937. The number of nitrogens with zero attached hydrogens (tertiary/aromatic N) is 3. The van der Waals surface area contributed by atoms with Gasteiger partial charge < -0.3 is 21.6 Å². The van der Waals surface area contributed by atoms with Crippen molar-refractivity contribution < 1.29 is 9.84 Å². The minimum absolute atomic E-state index is 0.0937. The molecule has 1 fully saturated rings. The molecule has 1 aromatic heterocycles.